The molecule has 2 aromatic rings. The maximum atomic E-state index is 12.3. The normalized spacial score (nSPS) is 10.1. The summed E-state index contributed by atoms with van der Waals surface area (Å²) in [6.45, 7) is 2.99. The van der Waals surface area contributed by atoms with Gasteiger partial charge in [-0.15, -0.1) is 0 Å². The number of benzene rings is 2. The molecule has 2 N–H and O–H groups in total. The summed E-state index contributed by atoms with van der Waals surface area (Å²) in [5, 5.41) is 5.65. The zero-order valence-electron chi connectivity index (χ0n) is 15.7. The molecule has 0 aliphatic rings. The van der Waals surface area contributed by atoms with Gasteiger partial charge in [-0.1, -0.05) is 0 Å². The number of rotatable bonds is 8. The molecule has 0 heterocycles. The van der Waals surface area contributed by atoms with Gasteiger partial charge in [-0.05, 0) is 67.7 Å². The van der Waals surface area contributed by atoms with Crippen molar-refractivity contribution in [2.45, 2.75) is 6.92 Å². The quantitative estimate of drug-likeness (QED) is 0.399. The third-order valence-corrected chi connectivity index (χ3v) is 3.76. The zero-order chi connectivity index (χ0) is 20.4. The van der Waals surface area contributed by atoms with Gasteiger partial charge in [-0.2, -0.15) is 0 Å². The molecular formula is C20H22N2O5S. The summed E-state index contributed by atoms with van der Waals surface area (Å²) in [6.07, 6.45) is 0. The van der Waals surface area contributed by atoms with Gasteiger partial charge in [-0.25, -0.2) is 4.79 Å². The second-order valence-electron chi connectivity index (χ2n) is 5.57. The van der Waals surface area contributed by atoms with Crippen molar-refractivity contribution in [1.82, 2.24) is 5.32 Å². The Kier molecular flexibility index (Phi) is 8.38. The predicted molar refractivity (Wildman–Crippen MR) is 110 cm³/mol. The van der Waals surface area contributed by atoms with E-state index >= 15 is 0 Å². The molecule has 148 valence electrons. The van der Waals surface area contributed by atoms with Gasteiger partial charge in [0.05, 0.1) is 18.8 Å². The van der Waals surface area contributed by atoms with Crippen molar-refractivity contribution in [3.05, 3.63) is 59.7 Å². The monoisotopic (exact) mass is 402 g/mol. The van der Waals surface area contributed by atoms with Crippen LogP contribution in [-0.4, -0.2) is 43.9 Å². The Morgan fingerprint density at radius 2 is 1.61 bits per heavy atom. The molecule has 0 fully saturated rings. The fourth-order valence-electron chi connectivity index (χ4n) is 2.19. The third kappa shape index (κ3) is 6.64. The van der Waals surface area contributed by atoms with E-state index in [0.717, 1.165) is 0 Å². The first-order valence-electron chi connectivity index (χ1n) is 8.64. The second kappa shape index (κ2) is 11.0. The molecule has 0 aromatic heterocycles. The van der Waals surface area contributed by atoms with Gasteiger partial charge in [0.1, 0.15) is 12.4 Å². The number of hydrogen-bond donors (Lipinski definition) is 2. The SMILES string of the molecule is CCOC(=O)c1ccc(NC(=S)NC(=O)c2ccc(OCCOC)cc2)cc1. The highest BCUT2D eigenvalue weighted by atomic mass is 32.1. The van der Waals surface area contributed by atoms with E-state index < -0.39 is 0 Å². The molecule has 7 nitrogen and oxygen atoms in total. The Hall–Kier alpha value is -2.97. The van der Waals surface area contributed by atoms with E-state index in [1.54, 1.807) is 62.6 Å². The van der Waals surface area contributed by atoms with Gasteiger partial charge < -0.3 is 19.5 Å². The lowest BCUT2D eigenvalue weighted by Crippen LogP contribution is -2.34. The fourth-order valence-corrected chi connectivity index (χ4v) is 2.40. The van der Waals surface area contributed by atoms with Crippen molar-refractivity contribution in [2.24, 2.45) is 0 Å². The van der Waals surface area contributed by atoms with Crippen LogP contribution in [0.25, 0.3) is 0 Å². The van der Waals surface area contributed by atoms with E-state index in [9.17, 15) is 9.59 Å². The third-order valence-electron chi connectivity index (χ3n) is 3.55. The fraction of sp³-hybridized carbons (Fsp3) is 0.250. The number of hydrogen-bond acceptors (Lipinski definition) is 6. The highest BCUT2D eigenvalue weighted by Gasteiger charge is 2.09. The van der Waals surface area contributed by atoms with Crippen LogP contribution in [0.5, 0.6) is 5.75 Å². The van der Waals surface area contributed by atoms with Crippen molar-refractivity contribution < 1.29 is 23.8 Å². The lowest BCUT2D eigenvalue weighted by molar-refractivity contribution is 0.0526. The minimum atomic E-state index is -0.389. The number of carbonyl (C=O) groups is 2. The van der Waals surface area contributed by atoms with E-state index in [4.69, 9.17) is 26.4 Å². The van der Waals surface area contributed by atoms with Gasteiger partial charge in [0.15, 0.2) is 5.11 Å². The van der Waals surface area contributed by atoms with E-state index in [0.29, 0.717) is 42.4 Å². The molecule has 0 saturated carbocycles. The molecule has 0 aliphatic carbocycles. The van der Waals surface area contributed by atoms with Crippen molar-refractivity contribution in [3.8, 4) is 5.75 Å². The summed E-state index contributed by atoms with van der Waals surface area (Å²) in [5.41, 5.74) is 1.52. The van der Waals surface area contributed by atoms with Crippen LogP contribution >= 0.6 is 12.2 Å². The van der Waals surface area contributed by atoms with Crippen LogP contribution in [0, 0.1) is 0 Å². The van der Waals surface area contributed by atoms with Crippen molar-refractivity contribution >= 4 is 34.9 Å². The smallest absolute Gasteiger partial charge is 0.338 e. The Morgan fingerprint density at radius 1 is 0.964 bits per heavy atom. The van der Waals surface area contributed by atoms with Crippen molar-refractivity contribution in [3.63, 3.8) is 0 Å². The first-order chi connectivity index (χ1) is 13.5. The summed E-state index contributed by atoms with van der Waals surface area (Å²) in [4.78, 5) is 23.9. The van der Waals surface area contributed by atoms with E-state index in [1.165, 1.54) is 0 Å². The molecule has 2 rings (SSSR count). The van der Waals surface area contributed by atoms with Crippen LogP contribution in [0.15, 0.2) is 48.5 Å². The van der Waals surface area contributed by atoms with Gasteiger partial charge in [0, 0.05) is 18.4 Å². The molecule has 0 spiro atoms. The standard InChI is InChI=1S/C20H22N2O5S/c1-3-26-19(24)15-4-8-16(9-5-15)21-20(28)22-18(23)14-6-10-17(11-7-14)27-13-12-25-2/h4-11H,3,12-13H2,1-2H3,(H2,21,22,23,28). The van der Waals surface area contributed by atoms with Crippen LogP contribution < -0.4 is 15.4 Å². The number of carbonyl (C=O) groups excluding carboxylic acids is 2. The largest absolute Gasteiger partial charge is 0.491 e. The van der Waals surface area contributed by atoms with Crippen LogP contribution in [0.3, 0.4) is 0 Å². The molecule has 0 bridgehead atoms. The summed E-state index contributed by atoms with van der Waals surface area (Å²) in [7, 11) is 1.60. The van der Waals surface area contributed by atoms with Crippen LogP contribution in [0.1, 0.15) is 27.6 Å². The summed E-state index contributed by atoms with van der Waals surface area (Å²) < 4.78 is 15.3. The number of methoxy groups -OCH3 is 1. The van der Waals surface area contributed by atoms with Crippen molar-refractivity contribution in [1.29, 1.82) is 0 Å². The minimum absolute atomic E-state index is 0.148. The maximum absolute atomic E-state index is 12.3. The molecule has 0 radical (unpaired) electrons. The van der Waals surface area contributed by atoms with Gasteiger partial charge in [0.25, 0.3) is 5.91 Å². The molecular weight excluding hydrogens is 380 g/mol. The molecule has 0 aliphatic heterocycles. The van der Waals surface area contributed by atoms with E-state index in [2.05, 4.69) is 10.6 Å². The first-order valence-corrected chi connectivity index (χ1v) is 9.05. The average molecular weight is 402 g/mol. The molecule has 8 heteroatoms. The van der Waals surface area contributed by atoms with Crippen molar-refractivity contribution in [2.75, 3.05) is 32.2 Å². The Labute approximate surface area is 169 Å². The molecule has 0 atom stereocenters. The highest BCUT2D eigenvalue weighted by Crippen LogP contribution is 2.13. The summed E-state index contributed by atoms with van der Waals surface area (Å²) >= 11 is 5.16. The number of esters is 1. The van der Waals surface area contributed by atoms with Gasteiger partial charge in [-0.3, -0.25) is 10.1 Å². The Morgan fingerprint density at radius 3 is 2.21 bits per heavy atom. The van der Waals surface area contributed by atoms with Gasteiger partial charge >= 0.3 is 5.97 Å². The Bertz CT molecular complexity index is 806. The van der Waals surface area contributed by atoms with Crippen LogP contribution in [0.4, 0.5) is 5.69 Å². The molecule has 0 saturated heterocycles. The van der Waals surface area contributed by atoms with Crippen LogP contribution in [-0.2, 0) is 9.47 Å². The van der Waals surface area contributed by atoms with E-state index in [1.807, 2.05) is 0 Å². The minimum Gasteiger partial charge on any atom is -0.491 e. The molecule has 0 unspecified atom stereocenters. The first kappa shape index (κ1) is 21.3. The summed E-state index contributed by atoms with van der Waals surface area (Å²) in [6, 6.07) is 13.3. The molecule has 2 aromatic carbocycles. The number of ether oxygens (including phenoxy) is 3. The number of nitrogens with one attached hydrogen (secondary N) is 2. The lowest BCUT2D eigenvalue weighted by atomic mass is 10.2. The maximum Gasteiger partial charge on any atom is 0.338 e. The topological polar surface area (TPSA) is 85.9 Å². The average Bonchev–Trinajstić information content (AvgIpc) is 2.69. The predicted octanol–water partition coefficient (Wildman–Crippen LogP) is 3.02. The van der Waals surface area contributed by atoms with Gasteiger partial charge in [0.2, 0.25) is 0 Å². The molecule has 28 heavy (non-hydrogen) atoms. The van der Waals surface area contributed by atoms with E-state index in [-0.39, 0.29) is 17.0 Å². The zero-order valence-corrected chi connectivity index (χ0v) is 16.5. The molecule has 1 amide bonds. The van der Waals surface area contributed by atoms with Crippen LogP contribution in [0.2, 0.25) is 0 Å². The highest BCUT2D eigenvalue weighted by molar-refractivity contribution is 7.80. The Balaban J connectivity index is 1.86. The number of amides is 1. The number of anilines is 1. The second-order valence-corrected chi connectivity index (χ2v) is 5.98. The lowest BCUT2D eigenvalue weighted by Gasteiger charge is -2.11. The number of thiocarbonyl (C=S) groups is 1. The summed E-state index contributed by atoms with van der Waals surface area (Å²) in [5.74, 6) is -0.0837.